The molecule has 43 heavy (non-hydrogen) atoms. The van der Waals surface area contributed by atoms with E-state index in [2.05, 4.69) is 39.2 Å². The summed E-state index contributed by atoms with van der Waals surface area (Å²) in [7, 11) is 0. The van der Waals surface area contributed by atoms with Crippen LogP contribution in [-0.4, -0.2) is 0 Å². The number of thioether (sulfide) groups is 1. The second-order valence-electron chi connectivity index (χ2n) is 13.9. The van der Waals surface area contributed by atoms with Gasteiger partial charge in [0.2, 0.25) is 0 Å². The quantitative estimate of drug-likeness (QED) is 0.0629. The maximum absolute atomic E-state index is 2.42. The minimum atomic E-state index is 1.30. The van der Waals surface area contributed by atoms with E-state index >= 15 is 0 Å². The van der Waals surface area contributed by atoms with E-state index in [-0.39, 0.29) is 0 Å². The van der Waals surface area contributed by atoms with Gasteiger partial charge < -0.3 is 0 Å². The van der Waals surface area contributed by atoms with E-state index in [9.17, 15) is 0 Å². The Kier molecular flexibility index (Phi) is 37.9. The fraction of sp³-hybridized carbons (Fsp3) is 0.905. The van der Waals surface area contributed by atoms with Crippen LogP contribution < -0.4 is 0 Å². The molecule has 0 aromatic carbocycles. The van der Waals surface area contributed by atoms with Crippen LogP contribution in [0.25, 0.3) is 0 Å². The molecule has 0 rings (SSSR count). The predicted octanol–water partition coefficient (Wildman–Crippen LogP) is 16.8. The number of hydrogen-bond donors (Lipinski definition) is 0. The first-order valence-electron chi connectivity index (χ1n) is 20.2. The lowest BCUT2D eigenvalue weighted by Crippen LogP contribution is -1.89. The Balaban J connectivity index is 3.67. The van der Waals surface area contributed by atoms with Gasteiger partial charge in [-0.2, -0.15) is 0 Å². The van der Waals surface area contributed by atoms with E-state index in [1.165, 1.54) is 218 Å². The van der Waals surface area contributed by atoms with E-state index in [1.807, 2.05) is 11.8 Å². The van der Waals surface area contributed by atoms with E-state index in [0.29, 0.717) is 0 Å². The van der Waals surface area contributed by atoms with Crippen LogP contribution in [0.4, 0.5) is 0 Å². The van der Waals surface area contributed by atoms with Crippen molar-refractivity contribution >= 4 is 11.8 Å². The zero-order valence-electron chi connectivity index (χ0n) is 30.6. The molecule has 0 aromatic rings. The Morgan fingerprint density at radius 3 is 0.907 bits per heavy atom. The highest BCUT2D eigenvalue weighted by Crippen LogP contribution is 2.30. The Labute approximate surface area is 278 Å². The average Bonchev–Trinajstić information content (AvgIpc) is 3.01. The van der Waals surface area contributed by atoms with Crippen molar-refractivity contribution in [3.8, 4) is 0 Å². The topological polar surface area (TPSA) is 0 Å². The van der Waals surface area contributed by atoms with E-state index < -0.39 is 0 Å². The van der Waals surface area contributed by atoms with Crippen LogP contribution in [0.15, 0.2) is 22.0 Å². The highest BCUT2D eigenvalue weighted by molar-refractivity contribution is 8.05. The third-order valence-corrected chi connectivity index (χ3v) is 10.7. The molecule has 256 valence electrons. The SMILES string of the molecule is CC=CSC(CCCCCCCCCCCCCCCCCC)=C(C)CCCCCCCCCCCCCCCCCC. The van der Waals surface area contributed by atoms with Gasteiger partial charge in [-0.15, -0.1) is 11.8 Å². The van der Waals surface area contributed by atoms with Gasteiger partial charge >= 0.3 is 0 Å². The molecule has 0 nitrogen and oxygen atoms in total. The summed E-state index contributed by atoms with van der Waals surface area (Å²) in [5, 5.41) is 2.30. The number of unbranched alkanes of at least 4 members (excludes halogenated alkanes) is 30. The Hall–Kier alpha value is -0.170. The van der Waals surface area contributed by atoms with Gasteiger partial charge in [-0.25, -0.2) is 0 Å². The zero-order valence-corrected chi connectivity index (χ0v) is 31.4. The lowest BCUT2D eigenvalue weighted by molar-refractivity contribution is 0.528. The second-order valence-corrected chi connectivity index (χ2v) is 14.9. The Bertz CT molecular complexity index is 573. The van der Waals surface area contributed by atoms with Crippen LogP contribution in [0.1, 0.15) is 246 Å². The van der Waals surface area contributed by atoms with Crippen LogP contribution >= 0.6 is 11.8 Å². The molecule has 0 aliphatic carbocycles. The fourth-order valence-corrected chi connectivity index (χ4v) is 7.30. The molecule has 0 amide bonds. The second kappa shape index (κ2) is 38.0. The van der Waals surface area contributed by atoms with Crippen molar-refractivity contribution in [2.75, 3.05) is 0 Å². The summed E-state index contributed by atoms with van der Waals surface area (Å²) in [5.74, 6) is 0. The molecule has 0 heterocycles. The van der Waals surface area contributed by atoms with Gasteiger partial charge in [-0.05, 0) is 49.8 Å². The molecule has 1 heteroatoms. The van der Waals surface area contributed by atoms with E-state index in [4.69, 9.17) is 0 Å². The smallest absolute Gasteiger partial charge is 0.0119 e. The first kappa shape index (κ1) is 42.8. The summed E-state index contributed by atoms with van der Waals surface area (Å²) in [4.78, 5) is 1.67. The van der Waals surface area contributed by atoms with Gasteiger partial charge in [0.15, 0.2) is 0 Å². The molecule has 0 radical (unpaired) electrons. The van der Waals surface area contributed by atoms with Gasteiger partial charge in [0.1, 0.15) is 0 Å². The normalized spacial score (nSPS) is 12.5. The summed E-state index contributed by atoms with van der Waals surface area (Å²) < 4.78 is 0. The van der Waals surface area contributed by atoms with Crippen molar-refractivity contribution in [1.82, 2.24) is 0 Å². The molecule has 0 unspecified atom stereocenters. The summed E-state index contributed by atoms with van der Waals surface area (Å²) in [6, 6.07) is 0. The van der Waals surface area contributed by atoms with Crippen molar-refractivity contribution in [3.63, 3.8) is 0 Å². The third-order valence-electron chi connectivity index (χ3n) is 9.49. The lowest BCUT2D eigenvalue weighted by Gasteiger charge is -2.11. The number of rotatable bonds is 36. The Morgan fingerprint density at radius 1 is 0.372 bits per heavy atom. The minimum Gasteiger partial charge on any atom is -0.103 e. The molecule has 0 N–H and O–H groups in total. The van der Waals surface area contributed by atoms with Crippen molar-refractivity contribution < 1.29 is 0 Å². The largest absolute Gasteiger partial charge is 0.103 e. The summed E-state index contributed by atoms with van der Waals surface area (Å²) in [6.45, 7) is 9.19. The first-order chi connectivity index (χ1) is 21.3. The number of hydrogen-bond acceptors (Lipinski definition) is 1. The summed E-state index contributed by atoms with van der Waals surface area (Å²) >= 11 is 2.00. The minimum absolute atomic E-state index is 1.30. The predicted molar refractivity (Wildman–Crippen MR) is 203 cm³/mol. The van der Waals surface area contributed by atoms with Crippen LogP contribution in [0.3, 0.4) is 0 Å². The standard InChI is InChI=1S/C42H82S/c1-5-8-10-12-14-16-18-20-22-24-26-28-30-32-34-36-38-41(4)42(43-40-7-3)39-37-35-33-31-29-27-25-23-21-19-17-15-13-11-9-6-2/h7,40H,5-6,8-39H2,1-4H3. The number of allylic oxidation sites excluding steroid dienone is 3. The molecule has 0 saturated heterocycles. The van der Waals surface area contributed by atoms with Crippen LogP contribution in [0.5, 0.6) is 0 Å². The fourth-order valence-electron chi connectivity index (χ4n) is 6.43. The van der Waals surface area contributed by atoms with Crippen LogP contribution in [-0.2, 0) is 0 Å². The maximum atomic E-state index is 2.42. The van der Waals surface area contributed by atoms with Gasteiger partial charge in [-0.1, -0.05) is 218 Å². The van der Waals surface area contributed by atoms with Crippen LogP contribution in [0.2, 0.25) is 0 Å². The molecule has 0 bridgehead atoms. The maximum Gasteiger partial charge on any atom is -0.0119 e. The van der Waals surface area contributed by atoms with E-state index in [0.717, 1.165) is 0 Å². The molecule has 0 aromatic heterocycles. The summed E-state index contributed by atoms with van der Waals surface area (Å²) in [6.07, 6.45) is 51.3. The first-order valence-corrected chi connectivity index (χ1v) is 21.1. The van der Waals surface area contributed by atoms with Crippen molar-refractivity contribution in [3.05, 3.63) is 22.0 Å². The highest BCUT2D eigenvalue weighted by atomic mass is 32.2. The van der Waals surface area contributed by atoms with Gasteiger partial charge in [-0.3, -0.25) is 0 Å². The van der Waals surface area contributed by atoms with Crippen LogP contribution in [0, 0.1) is 0 Å². The third kappa shape index (κ3) is 34.5. The molecular formula is C42H82S. The average molecular weight is 619 g/mol. The Morgan fingerprint density at radius 2 is 0.628 bits per heavy atom. The molecule has 0 fully saturated rings. The highest BCUT2D eigenvalue weighted by Gasteiger charge is 2.04. The van der Waals surface area contributed by atoms with Crippen molar-refractivity contribution in [2.45, 2.75) is 246 Å². The molecule has 0 aliphatic heterocycles. The van der Waals surface area contributed by atoms with Gasteiger partial charge in [0, 0.05) is 0 Å². The van der Waals surface area contributed by atoms with Gasteiger partial charge in [0.05, 0.1) is 0 Å². The summed E-state index contributed by atoms with van der Waals surface area (Å²) in [5.41, 5.74) is 1.68. The zero-order chi connectivity index (χ0) is 31.3. The molecular weight excluding hydrogens is 537 g/mol. The molecule has 0 spiro atoms. The monoisotopic (exact) mass is 619 g/mol. The molecule has 0 saturated carbocycles. The van der Waals surface area contributed by atoms with Crippen molar-refractivity contribution in [2.24, 2.45) is 0 Å². The molecule has 0 aliphatic rings. The lowest BCUT2D eigenvalue weighted by atomic mass is 10.0. The van der Waals surface area contributed by atoms with Crippen molar-refractivity contribution in [1.29, 1.82) is 0 Å². The van der Waals surface area contributed by atoms with E-state index in [1.54, 1.807) is 10.5 Å². The molecule has 0 atom stereocenters. The van der Waals surface area contributed by atoms with Gasteiger partial charge in [0.25, 0.3) is 0 Å².